The molecule has 21 heavy (non-hydrogen) atoms. The van der Waals surface area contributed by atoms with Crippen LogP contribution in [-0.4, -0.2) is 18.3 Å². The second kappa shape index (κ2) is 8.98. The van der Waals surface area contributed by atoms with E-state index in [-0.39, 0.29) is 18.2 Å². The molecule has 0 fully saturated rings. The van der Waals surface area contributed by atoms with Crippen molar-refractivity contribution in [2.24, 2.45) is 0 Å². The number of thioether (sulfide) groups is 2. The minimum atomic E-state index is 0. The molecule has 0 saturated heterocycles. The first-order valence-corrected chi connectivity index (χ1v) is 8.68. The van der Waals surface area contributed by atoms with E-state index in [4.69, 9.17) is 0 Å². The largest absolute Gasteiger partial charge is 0.289 e. The van der Waals surface area contributed by atoms with Gasteiger partial charge in [0.15, 0.2) is 5.78 Å². The molecule has 110 valence electrons. The van der Waals surface area contributed by atoms with Crippen molar-refractivity contribution in [3.05, 3.63) is 65.7 Å². The fourth-order valence-corrected chi connectivity index (χ4v) is 2.55. The van der Waals surface area contributed by atoms with Gasteiger partial charge in [0.2, 0.25) is 0 Å². The van der Waals surface area contributed by atoms with Crippen molar-refractivity contribution in [3.63, 3.8) is 0 Å². The average Bonchev–Trinajstić information content (AvgIpc) is 2.53. The zero-order chi connectivity index (χ0) is 14.4. The van der Waals surface area contributed by atoms with Crippen LogP contribution in [0.4, 0.5) is 0 Å². The monoisotopic (exact) mass is 336 g/mol. The van der Waals surface area contributed by atoms with Crippen LogP contribution in [0.25, 0.3) is 6.08 Å². The van der Waals surface area contributed by atoms with Crippen LogP contribution in [0, 0.1) is 0 Å². The molecule has 0 spiro atoms. The van der Waals surface area contributed by atoms with Crippen LogP contribution < -0.4 is 0 Å². The molecule has 0 aliphatic carbocycles. The lowest BCUT2D eigenvalue weighted by Crippen LogP contribution is -1.93. The number of allylic oxidation sites excluding steroid dienone is 1. The number of halogens is 1. The van der Waals surface area contributed by atoms with Crippen molar-refractivity contribution in [2.75, 3.05) is 12.5 Å². The van der Waals surface area contributed by atoms with Crippen molar-refractivity contribution in [2.45, 2.75) is 9.79 Å². The average molecular weight is 337 g/mol. The summed E-state index contributed by atoms with van der Waals surface area (Å²) in [5.74, 6) is 0.0339. The summed E-state index contributed by atoms with van der Waals surface area (Å²) in [5, 5.41) is 0. The summed E-state index contributed by atoms with van der Waals surface area (Å²) in [6.45, 7) is 0. The Bertz CT molecular complexity index is 604. The highest BCUT2D eigenvalue weighted by atomic mass is 35.5. The topological polar surface area (TPSA) is 17.1 Å². The van der Waals surface area contributed by atoms with Crippen LogP contribution in [0.3, 0.4) is 0 Å². The van der Waals surface area contributed by atoms with E-state index < -0.39 is 0 Å². The van der Waals surface area contributed by atoms with E-state index >= 15 is 0 Å². The second-order valence-electron chi connectivity index (χ2n) is 4.20. The summed E-state index contributed by atoms with van der Waals surface area (Å²) >= 11 is 3.38. The Morgan fingerprint density at radius 3 is 1.81 bits per heavy atom. The van der Waals surface area contributed by atoms with Gasteiger partial charge in [-0.3, -0.25) is 4.79 Å². The molecule has 0 aromatic heterocycles. The Morgan fingerprint density at radius 1 is 0.857 bits per heavy atom. The van der Waals surface area contributed by atoms with E-state index in [2.05, 4.69) is 12.1 Å². The van der Waals surface area contributed by atoms with Gasteiger partial charge < -0.3 is 0 Å². The molecule has 0 bridgehead atoms. The predicted molar refractivity (Wildman–Crippen MR) is 97.1 cm³/mol. The van der Waals surface area contributed by atoms with E-state index in [9.17, 15) is 4.79 Å². The zero-order valence-electron chi connectivity index (χ0n) is 11.9. The molecule has 0 heterocycles. The van der Waals surface area contributed by atoms with Crippen molar-refractivity contribution in [1.29, 1.82) is 0 Å². The third-order valence-electron chi connectivity index (χ3n) is 2.92. The lowest BCUT2D eigenvalue weighted by molar-refractivity contribution is 0.104. The van der Waals surface area contributed by atoms with Crippen molar-refractivity contribution < 1.29 is 4.79 Å². The zero-order valence-corrected chi connectivity index (χ0v) is 14.4. The van der Waals surface area contributed by atoms with Gasteiger partial charge in [0.1, 0.15) is 0 Å². The van der Waals surface area contributed by atoms with E-state index in [1.807, 2.05) is 55.0 Å². The number of rotatable bonds is 5. The van der Waals surface area contributed by atoms with Crippen LogP contribution in [0.15, 0.2) is 64.4 Å². The molecule has 0 unspecified atom stereocenters. The molecule has 0 aliphatic rings. The number of carbonyl (C=O) groups is 1. The summed E-state index contributed by atoms with van der Waals surface area (Å²) in [6.07, 6.45) is 7.55. The minimum Gasteiger partial charge on any atom is -0.289 e. The minimum absolute atomic E-state index is 0. The first-order chi connectivity index (χ1) is 9.72. The van der Waals surface area contributed by atoms with Crippen LogP contribution in [-0.2, 0) is 0 Å². The van der Waals surface area contributed by atoms with Crippen molar-refractivity contribution >= 4 is 47.8 Å². The number of hydrogen-bond donors (Lipinski definition) is 0. The molecule has 2 rings (SSSR count). The number of carbonyl (C=O) groups excluding carboxylic acids is 1. The Kier molecular flexibility index (Phi) is 7.65. The van der Waals surface area contributed by atoms with E-state index in [0.29, 0.717) is 0 Å². The van der Waals surface area contributed by atoms with Gasteiger partial charge in [0.05, 0.1) is 0 Å². The van der Waals surface area contributed by atoms with Crippen LogP contribution >= 0.6 is 35.9 Å². The third-order valence-corrected chi connectivity index (χ3v) is 4.40. The summed E-state index contributed by atoms with van der Waals surface area (Å²) < 4.78 is 0. The maximum atomic E-state index is 12.0. The third kappa shape index (κ3) is 5.27. The van der Waals surface area contributed by atoms with Gasteiger partial charge in [0, 0.05) is 15.4 Å². The molecule has 0 saturated carbocycles. The maximum absolute atomic E-state index is 12.0. The smallest absolute Gasteiger partial charge is 0.185 e. The van der Waals surface area contributed by atoms with Crippen LogP contribution in [0.5, 0.6) is 0 Å². The lowest BCUT2D eigenvalue weighted by atomic mass is 10.1. The first-order valence-electron chi connectivity index (χ1n) is 6.23. The Morgan fingerprint density at radius 2 is 1.33 bits per heavy atom. The Balaban J connectivity index is 0.00000220. The fourth-order valence-electron chi connectivity index (χ4n) is 1.74. The molecule has 0 atom stereocenters. The van der Waals surface area contributed by atoms with Crippen LogP contribution in [0.1, 0.15) is 15.9 Å². The molecule has 1 nitrogen and oxygen atoms in total. The highest BCUT2D eigenvalue weighted by Gasteiger charge is 2.01. The van der Waals surface area contributed by atoms with Gasteiger partial charge in [-0.2, -0.15) is 0 Å². The van der Waals surface area contributed by atoms with Gasteiger partial charge in [-0.05, 0) is 60.5 Å². The van der Waals surface area contributed by atoms with Gasteiger partial charge in [-0.25, -0.2) is 0 Å². The fraction of sp³-hybridized carbons (Fsp3) is 0.118. The highest BCUT2D eigenvalue weighted by molar-refractivity contribution is 7.98. The van der Waals surface area contributed by atoms with Gasteiger partial charge in [-0.1, -0.05) is 18.2 Å². The summed E-state index contributed by atoms with van der Waals surface area (Å²) in [6, 6.07) is 15.8. The quantitative estimate of drug-likeness (QED) is 0.410. The number of benzene rings is 2. The van der Waals surface area contributed by atoms with Gasteiger partial charge >= 0.3 is 0 Å². The summed E-state index contributed by atoms with van der Waals surface area (Å²) in [4.78, 5) is 14.4. The SMILES string of the molecule is CSc1ccc(C=CC(=O)c2ccc(SC)cc2)cc1.Cl. The highest BCUT2D eigenvalue weighted by Crippen LogP contribution is 2.17. The first kappa shape index (κ1) is 17.9. The van der Waals surface area contributed by atoms with Crippen molar-refractivity contribution in [1.82, 2.24) is 0 Å². The van der Waals surface area contributed by atoms with E-state index in [0.717, 1.165) is 16.0 Å². The molecule has 0 radical (unpaired) electrons. The summed E-state index contributed by atoms with van der Waals surface area (Å²) in [7, 11) is 0. The number of hydrogen-bond acceptors (Lipinski definition) is 3. The number of ketones is 1. The molecular weight excluding hydrogens is 320 g/mol. The molecule has 0 N–H and O–H groups in total. The predicted octanol–water partition coefficient (Wildman–Crippen LogP) is 5.45. The second-order valence-corrected chi connectivity index (χ2v) is 5.96. The van der Waals surface area contributed by atoms with E-state index in [1.165, 1.54) is 4.90 Å². The Hall–Kier alpha value is -1.16. The summed E-state index contributed by atoms with van der Waals surface area (Å²) in [5.41, 5.74) is 1.76. The van der Waals surface area contributed by atoms with Gasteiger partial charge in [-0.15, -0.1) is 35.9 Å². The van der Waals surface area contributed by atoms with E-state index in [1.54, 1.807) is 29.6 Å². The molecule has 0 amide bonds. The Labute approximate surface area is 140 Å². The normalized spacial score (nSPS) is 10.4. The van der Waals surface area contributed by atoms with Crippen molar-refractivity contribution in [3.8, 4) is 0 Å². The van der Waals surface area contributed by atoms with Gasteiger partial charge in [0.25, 0.3) is 0 Å². The lowest BCUT2D eigenvalue weighted by Gasteiger charge is -1.99. The molecule has 2 aromatic carbocycles. The standard InChI is InChI=1S/C17H16OS2.ClH/c1-19-15-8-3-13(4-9-15)5-12-17(18)14-6-10-16(20-2)11-7-14;/h3-12H,1-2H3;1H. The molecule has 4 heteroatoms. The molecule has 2 aromatic rings. The van der Waals surface area contributed by atoms with Crippen LogP contribution in [0.2, 0.25) is 0 Å². The molecular formula is C17H17ClOS2. The molecule has 0 aliphatic heterocycles. The maximum Gasteiger partial charge on any atom is 0.185 e.